The van der Waals surface area contributed by atoms with Crippen LogP contribution in [0.15, 0.2) is 24.5 Å². The number of aryl methyl sites for hydroxylation is 2. The Balaban J connectivity index is 2.52. The van der Waals surface area contributed by atoms with Crippen molar-refractivity contribution in [1.82, 2.24) is 0 Å². The van der Waals surface area contributed by atoms with Crippen LogP contribution in [0.5, 0.6) is 0 Å². The number of aromatic nitrogens is 1. The van der Waals surface area contributed by atoms with Gasteiger partial charge in [-0.1, -0.05) is 0 Å². The minimum atomic E-state index is 0.265. The molecule has 0 aliphatic heterocycles. The van der Waals surface area contributed by atoms with E-state index in [0.717, 1.165) is 13.0 Å². The van der Waals surface area contributed by atoms with Crippen LogP contribution in [0, 0.1) is 6.92 Å². The fourth-order valence-electron chi connectivity index (χ4n) is 0.934. The van der Waals surface area contributed by atoms with Gasteiger partial charge in [-0.3, -0.25) is 0 Å². The summed E-state index contributed by atoms with van der Waals surface area (Å²) in [5.74, 6) is 0. The van der Waals surface area contributed by atoms with Crippen molar-refractivity contribution in [2.45, 2.75) is 19.9 Å². The van der Waals surface area contributed by atoms with Gasteiger partial charge in [0.05, 0.1) is 0 Å². The number of hydrogen-bond acceptors (Lipinski definition) is 1. The van der Waals surface area contributed by atoms with E-state index in [2.05, 4.69) is 23.6 Å². The van der Waals surface area contributed by atoms with Gasteiger partial charge >= 0.3 is 0 Å². The lowest BCUT2D eigenvalue weighted by atomic mass is 10.3. The molecule has 0 saturated heterocycles. The van der Waals surface area contributed by atoms with E-state index in [1.165, 1.54) is 5.56 Å². The van der Waals surface area contributed by atoms with Crippen LogP contribution in [0.4, 0.5) is 0 Å². The third kappa shape index (κ3) is 2.68. The van der Waals surface area contributed by atoms with Crippen molar-refractivity contribution in [3.8, 4) is 0 Å². The molecule has 0 atom stereocenters. The molecule has 1 rings (SSSR count). The van der Waals surface area contributed by atoms with E-state index in [-0.39, 0.29) is 6.61 Å². The molecule has 2 nitrogen and oxygen atoms in total. The van der Waals surface area contributed by atoms with Crippen molar-refractivity contribution < 1.29 is 9.67 Å². The van der Waals surface area contributed by atoms with Crippen LogP contribution in [0.2, 0.25) is 0 Å². The lowest BCUT2D eigenvalue weighted by Crippen LogP contribution is -2.32. The van der Waals surface area contributed by atoms with Gasteiger partial charge in [0.1, 0.15) is 0 Å². The van der Waals surface area contributed by atoms with Crippen LogP contribution in [0.3, 0.4) is 0 Å². The van der Waals surface area contributed by atoms with Crippen molar-refractivity contribution in [3.63, 3.8) is 0 Å². The number of aliphatic hydroxyl groups excluding tert-OH is 1. The van der Waals surface area contributed by atoms with Crippen molar-refractivity contribution in [2.75, 3.05) is 6.61 Å². The van der Waals surface area contributed by atoms with E-state index in [9.17, 15) is 0 Å². The van der Waals surface area contributed by atoms with E-state index in [4.69, 9.17) is 5.11 Å². The number of nitrogens with zero attached hydrogens (tertiary/aromatic N) is 1. The molecule has 0 spiro atoms. The lowest BCUT2D eigenvalue weighted by molar-refractivity contribution is -0.697. The van der Waals surface area contributed by atoms with Gasteiger partial charge in [0.2, 0.25) is 0 Å². The SMILES string of the molecule is Cc1cc[n+](CCCO)cc1. The van der Waals surface area contributed by atoms with Gasteiger partial charge in [0, 0.05) is 25.2 Å². The maximum absolute atomic E-state index is 8.57. The highest BCUT2D eigenvalue weighted by molar-refractivity contribution is 5.03. The van der Waals surface area contributed by atoms with Crippen LogP contribution in [-0.4, -0.2) is 11.7 Å². The molecule has 0 unspecified atom stereocenters. The molecule has 1 aromatic rings. The van der Waals surface area contributed by atoms with Gasteiger partial charge in [0.25, 0.3) is 0 Å². The normalized spacial score (nSPS) is 10.0. The zero-order valence-corrected chi connectivity index (χ0v) is 6.83. The topological polar surface area (TPSA) is 24.1 Å². The summed E-state index contributed by atoms with van der Waals surface area (Å²) in [5, 5.41) is 8.57. The summed E-state index contributed by atoms with van der Waals surface area (Å²) in [4.78, 5) is 0. The summed E-state index contributed by atoms with van der Waals surface area (Å²) in [6.07, 6.45) is 4.89. The second-order valence-corrected chi connectivity index (χ2v) is 2.69. The third-order valence-electron chi connectivity index (χ3n) is 1.63. The quantitative estimate of drug-likeness (QED) is 0.632. The van der Waals surface area contributed by atoms with Gasteiger partial charge < -0.3 is 5.11 Å². The number of rotatable bonds is 3. The maximum Gasteiger partial charge on any atom is 0.169 e. The molecule has 1 aromatic heterocycles. The fourth-order valence-corrected chi connectivity index (χ4v) is 0.934. The Morgan fingerprint density at radius 1 is 1.36 bits per heavy atom. The van der Waals surface area contributed by atoms with E-state index in [1.807, 2.05) is 12.4 Å². The standard InChI is InChI=1S/C9H14NO/c1-9-3-6-10(7-4-9)5-2-8-11/h3-4,6-7,11H,2,5,8H2,1H3/q+1. The van der Waals surface area contributed by atoms with Gasteiger partial charge in [-0.05, 0) is 12.5 Å². The molecule has 11 heavy (non-hydrogen) atoms. The van der Waals surface area contributed by atoms with Crippen molar-refractivity contribution in [1.29, 1.82) is 0 Å². The van der Waals surface area contributed by atoms with Gasteiger partial charge in [-0.15, -0.1) is 0 Å². The van der Waals surface area contributed by atoms with Crippen LogP contribution in [0.1, 0.15) is 12.0 Å². The second kappa shape index (κ2) is 4.09. The predicted octanol–water partition coefficient (Wildman–Crippen LogP) is 0.665. The van der Waals surface area contributed by atoms with Gasteiger partial charge in [-0.25, -0.2) is 4.57 Å². The second-order valence-electron chi connectivity index (χ2n) is 2.69. The van der Waals surface area contributed by atoms with Crippen molar-refractivity contribution in [2.24, 2.45) is 0 Å². The van der Waals surface area contributed by atoms with Gasteiger partial charge in [0.15, 0.2) is 18.9 Å². The zero-order valence-electron chi connectivity index (χ0n) is 6.83. The molecule has 60 valence electrons. The largest absolute Gasteiger partial charge is 0.396 e. The smallest absolute Gasteiger partial charge is 0.169 e. The van der Waals surface area contributed by atoms with Crippen molar-refractivity contribution in [3.05, 3.63) is 30.1 Å². The highest BCUT2D eigenvalue weighted by Gasteiger charge is 1.96. The van der Waals surface area contributed by atoms with Crippen LogP contribution < -0.4 is 4.57 Å². The summed E-state index contributed by atoms with van der Waals surface area (Å²) in [6, 6.07) is 4.13. The van der Waals surface area contributed by atoms with E-state index in [0.29, 0.717) is 0 Å². The van der Waals surface area contributed by atoms with Gasteiger partial charge in [-0.2, -0.15) is 0 Å². The molecule has 0 amide bonds. The first-order chi connectivity index (χ1) is 5.33. The fraction of sp³-hybridized carbons (Fsp3) is 0.444. The van der Waals surface area contributed by atoms with Crippen LogP contribution >= 0.6 is 0 Å². The summed E-state index contributed by atoms with van der Waals surface area (Å²) >= 11 is 0. The molecule has 0 saturated carbocycles. The van der Waals surface area contributed by atoms with Crippen LogP contribution in [-0.2, 0) is 6.54 Å². The third-order valence-corrected chi connectivity index (χ3v) is 1.63. The van der Waals surface area contributed by atoms with Crippen LogP contribution in [0.25, 0.3) is 0 Å². The molecule has 0 aromatic carbocycles. The monoisotopic (exact) mass is 152 g/mol. The summed E-state index contributed by atoms with van der Waals surface area (Å²) < 4.78 is 2.07. The lowest BCUT2D eigenvalue weighted by Gasteiger charge is -1.94. The molecular weight excluding hydrogens is 138 g/mol. The molecule has 2 heteroatoms. The Hall–Kier alpha value is -0.890. The minimum Gasteiger partial charge on any atom is -0.396 e. The first-order valence-electron chi connectivity index (χ1n) is 3.89. The zero-order chi connectivity index (χ0) is 8.10. The molecule has 0 radical (unpaired) electrons. The summed E-state index contributed by atoms with van der Waals surface area (Å²) in [6.45, 7) is 3.23. The minimum absolute atomic E-state index is 0.265. The van der Waals surface area contributed by atoms with E-state index in [1.54, 1.807) is 0 Å². The molecular formula is C9H14NO+. The molecule has 0 fully saturated rings. The maximum atomic E-state index is 8.57. The molecule has 1 N–H and O–H groups in total. The highest BCUT2D eigenvalue weighted by atomic mass is 16.3. The number of aliphatic hydroxyl groups is 1. The first-order valence-corrected chi connectivity index (χ1v) is 3.89. The Morgan fingerprint density at radius 2 is 2.00 bits per heavy atom. The predicted molar refractivity (Wildman–Crippen MR) is 43.1 cm³/mol. The average Bonchev–Trinajstić information content (AvgIpc) is 2.04. The number of pyridine rings is 1. The molecule has 0 bridgehead atoms. The Bertz CT molecular complexity index is 205. The summed E-state index contributed by atoms with van der Waals surface area (Å²) in [7, 11) is 0. The molecule has 0 aliphatic rings. The molecule has 1 heterocycles. The Morgan fingerprint density at radius 3 is 2.55 bits per heavy atom. The van der Waals surface area contributed by atoms with Crippen molar-refractivity contribution >= 4 is 0 Å². The van der Waals surface area contributed by atoms with E-state index >= 15 is 0 Å². The number of hydrogen-bond donors (Lipinski definition) is 1. The first kappa shape index (κ1) is 8.21. The molecule has 0 aliphatic carbocycles. The Kier molecular flexibility index (Phi) is 3.05. The summed E-state index contributed by atoms with van der Waals surface area (Å²) in [5.41, 5.74) is 1.27. The van der Waals surface area contributed by atoms with E-state index < -0.39 is 0 Å². The average molecular weight is 152 g/mol. The highest BCUT2D eigenvalue weighted by Crippen LogP contribution is 1.89. The Labute approximate surface area is 67.1 Å².